The number of rotatable bonds is 11. The highest BCUT2D eigenvalue weighted by molar-refractivity contribution is 8.00. The molecule has 0 bridgehead atoms. The number of ether oxygens (including phenoxy) is 3. The summed E-state index contributed by atoms with van der Waals surface area (Å²) in [5.74, 6) is -5.43. The van der Waals surface area contributed by atoms with Gasteiger partial charge >= 0.3 is 23.7 Å². The molecule has 2 fully saturated rings. The molecule has 2 aromatic rings. The number of fused-ring (bicyclic) bond motifs is 1. The number of oxime groups is 1. The van der Waals surface area contributed by atoms with Gasteiger partial charge in [0.2, 0.25) is 0 Å². The number of carbonyl (C=O) groups is 5. The Bertz CT molecular complexity index is 1570. The predicted octanol–water partition coefficient (Wildman–Crippen LogP) is -0.475. The average molecular weight is 648 g/mol. The molecule has 2 amide bonds. The summed E-state index contributed by atoms with van der Waals surface area (Å²) in [5, 5.41) is 17.5. The molecule has 0 aromatic carbocycles. The van der Waals surface area contributed by atoms with Crippen LogP contribution in [0.25, 0.3) is 0 Å². The second-order valence-electron chi connectivity index (χ2n) is 9.70. The Kier molecular flexibility index (Phi) is 8.84. The van der Waals surface area contributed by atoms with E-state index in [1.807, 2.05) is 0 Å². The van der Waals surface area contributed by atoms with Gasteiger partial charge in [-0.15, -0.1) is 23.1 Å². The van der Waals surface area contributed by atoms with E-state index in [9.17, 15) is 29.1 Å². The Morgan fingerprint density at radius 1 is 1.30 bits per heavy atom. The number of carboxylic acids is 1. The average Bonchev–Trinajstić information content (AvgIpc) is 3.62. The largest absolute Gasteiger partial charge is 0.477 e. The van der Waals surface area contributed by atoms with Crippen molar-refractivity contribution >= 4 is 63.7 Å². The number of thiazole rings is 1. The SMILES string of the molecule is CON=C(C(=O)NC1C(=O)N2C(C(=O)O)=C(C[n+]3ccc(COC4(C(=O)OC)CCC(=O)O4)cc3)CS[C@@H]12)c1csc(N)n1. The van der Waals surface area contributed by atoms with Crippen molar-refractivity contribution < 1.29 is 52.7 Å². The first-order valence-electron chi connectivity index (χ1n) is 13.0. The van der Waals surface area contributed by atoms with Crippen molar-refractivity contribution in [3.05, 3.63) is 52.4 Å². The van der Waals surface area contributed by atoms with Crippen molar-refractivity contribution in [2.24, 2.45) is 5.16 Å². The summed E-state index contributed by atoms with van der Waals surface area (Å²) in [6, 6.07) is 2.43. The number of nitrogens with zero attached hydrogens (tertiary/aromatic N) is 4. The van der Waals surface area contributed by atoms with Crippen molar-refractivity contribution in [1.82, 2.24) is 15.2 Å². The maximum atomic E-state index is 13.1. The molecule has 44 heavy (non-hydrogen) atoms. The number of nitrogen functional groups attached to an aromatic ring is 1. The number of pyridine rings is 1. The number of nitrogens with one attached hydrogen (secondary N) is 1. The zero-order valence-electron chi connectivity index (χ0n) is 23.4. The summed E-state index contributed by atoms with van der Waals surface area (Å²) in [6.07, 6.45) is 3.45. The van der Waals surface area contributed by atoms with Gasteiger partial charge in [0.25, 0.3) is 11.8 Å². The minimum Gasteiger partial charge on any atom is -0.477 e. The number of carboxylic acid groups (broad SMARTS) is 1. The number of hydrogen-bond acceptors (Lipinski definition) is 14. The van der Waals surface area contributed by atoms with Gasteiger partial charge in [-0.2, -0.15) is 0 Å². The number of amides is 2. The first-order chi connectivity index (χ1) is 21.1. The Balaban J connectivity index is 1.25. The quantitative estimate of drug-likeness (QED) is 0.0926. The molecule has 2 saturated heterocycles. The number of β-lactam (4-membered cyclic amide) rings is 1. The van der Waals surface area contributed by atoms with Gasteiger partial charge in [-0.3, -0.25) is 19.3 Å². The zero-order chi connectivity index (χ0) is 31.6. The summed E-state index contributed by atoms with van der Waals surface area (Å²) in [6.45, 7) is 0.120. The standard InChI is InChI=1S/C26H26N6O10S2/c1-39-24(38)26(6-3-16(33)42-26)41-10-13-4-7-31(8-5-13)9-14-11-43-22-18(21(35)32(22)19(14)23(36)37)29-20(34)17(30-40-2)15-12-44-25(27)28-15/h4-5,7-8,12,18,22H,3,6,9-11H2,1-2H3,(H3-,27,28,29,34,36,37)/p+1/t18?,22-,26?/m0/s1. The minimum atomic E-state index is -1.79. The highest BCUT2D eigenvalue weighted by atomic mass is 32.2. The Hall–Kier alpha value is -4.55. The lowest BCUT2D eigenvalue weighted by atomic mass is 10.0. The smallest absolute Gasteiger partial charge is 0.379 e. The summed E-state index contributed by atoms with van der Waals surface area (Å²) in [4.78, 5) is 72.1. The van der Waals surface area contributed by atoms with Crippen molar-refractivity contribution in [3.8, 4) is 0 Å². The molecule has 18 heteroatoms. The second kappa shape index (κ2) is 12.6. The Labute approximate surface area is 257 Å². The normalized spacial score (nSPS) is 23.0. The van der Waals surface area contributed by atoms with Gasteiger partial charge in [0, 0.05) is 35.3 Å². The molecular formula is C26H27N6O10S2+. The van der Waals surface area contributed by atoms with Gasteiger partial charge in [0.15, 0.2) is 29.8 Å². The number of aliphatic carboxylic acids is 1. The molecule has 4 N–H and O–H groups in total. The van der Waals surface area contributed by atoms with E-state index in [1.54, 1.807) is 29.1 Å². The van der Waals surface area contributed by atoms with E-state index in [0.29, 0.717) is 11.1 Å². The van der Waals surface area contributed by atoms with Gasteiger partial charge in [-0.05, 0) is 5.56 Å². The topological polar surface area (TPSA) is 213 Å². The summed E-state index contributed by atoms with van der Waals surface area (Å²) in [5.41, 5.74) is 6.67. The van der Waals surface area contributed by atoms with Crippen LogP contribution < -0.4 is 15.6 Å². The van der Waals surface area contributed by atoms with Crippen molar-refractivity contribution in [3.63, 3.8) is 0 Å². The lowest BCUT2D eigenvalue weighted by molar-refractivity contribution is -0.689. The molecule has 0 saturated carbocycles. The number of anilines is 1. The van der Waals surface area contributed by atoms with Crippen LogP contribution >= 0.6 is 23.1 Å². The number of hydrogen-bond donors (Lipinski definition) is 3. The maximum Gasteiger partial charge on any atom is 0.379 e. The van der Waals surface area contributed by atoms with Crippen molar-refractivity contribution in [1.29, 1.82) is 0 Å². The van der Waals surface area contributed by atoms with Crippen LogP contribution in [0.3, 0.4) is 0 Å². The lowest BCUT2D eigenvalue weighted by Crippen LogP contribution is -2.71. The predicted molar refractivity (Wildman–Crippen MR) is 151 cm³/mol. The van der Waals surface area contributed by atoms with E-state index in [0.717, 1.165) is 11.3 Å². The zero-order valence-corrected chi connectivity index (χ0v) is 25.0. The monoisotopic (exact) mass is 647 g/mol. The Morgan fingerprint density at radius 2 is 2.05 bits per heavy atom. The Morgan fingerprint density at radius 3 is 2.64 bits per heavy atom. The fourth-order valence-electron chi connectivity index (χ4n) is 4.83. The third-order valence-electron chi connectivity index (χ3n) is 6.94. The number of methoxy groups -OCH3 is 1. The summed E-state index contributed by atoms with van der Waals surface area (Å²) >= 11 is 2.42. The van der Waals surface area contributed by atoms with E-state index < -0.39 is 46.9 Å². The van der Waals surface area contributed by atoms with E-state index in [2.05, 4.69) is 15.5 Å². The van der Waals surface area contributed by atoms with Crippen LogP contribution in [0, 0.1) is 0 Å². The third-order valence-corrected chi connectivity index (χ3v) is 8.95. The van der Waals surface area contributed by atoms with Crippen LogP contribution in [0.5, 0.6) is 0 Å². The van der Waals surface area contributed by atoms with Crippen molar-refractivity contribution in [2.75, 3.05) is 25.7 Å². The van der Waals surface area contributed by atoms with Crippen molar-refractivity contribution in [2.45, 2.75) is 43.2 Å². The molecule has 3 aliphatic heterocycles. The maximum absolute atomic E-state index is 13.1. The number of nitrogens with two attached hydrogens (primary N) is 1. The number of esters is 2. The molecular weight excluding hydrogens is 620 g/mol. The van der Waals surface area contributed by atoms with Crippen LogP contribution in [0.4, 0.5) is 5.13 Å². The molecule has 232 valence electrons. The fourth-order valence-corrected chi connectivity index (χ4v) is 6.71. The first-order valence-corrected chi connectivity index (χ1v) is 14.9. The van der Waals surface area contributed by atoms with E-state index in [4.69, 9.17) is 24.8 Å². The van der Waals surface area contributed by atoms with E-state index >= 15 is 0 Å². The molecule has 16 nitrogen and oxygen atoms in total. The molecule has 3 aliphatic rings. The number of cyclic esters (lactones) is 1. The van der Waals surface area contributed by atoms with E-state index in [1.165, 1.54) is 36.3 Å². The van der Waals surface area contributed by atoms with Crippen LogP contribution in [-0.4, -0.2) is 87.6 Å². The molecule has 5 heterocycles. The molecule has 3 atom stereocenters. The van der Waals surface area contributed by atoms with Gasteiger partial charge in [-0.1, -0.05) is 5.16 Å². The lowest BCUT2D eigenvalue weighted by Gasteiger charge is -2.49. The van der Waals surface area contributed by atoms with Crippen LogP contribution in [0.2, 0.25) is 0 Å². The van der Waals surface area contributed by atoms with Gasteiger partial charge in [0.05, 0.1) is 20.1 Å². The number of thioether (sulfide) groups is 1. The molecule has 0 radical (unpaired) electrons. The van der Waals surface area contributed by atoms with Crippen LogP contribution in [0.1, 0.15) is 24.1 Å². The second-order valence-corrected chi connectivity index (χ2v) is 11.7. The molecule has 5 rings (SSSR count). The van der Waals surface area contributed by atoms with Crippen LogP contribution in [0.15, 0.2) is 46.3 Å². The van der Waals surface area contributed by atoms with Gasteiger partial charge < -0.3 is 35.2 Å². The molecule has 0 spiro atoms. The summed E-state index contributed by atoms with van der Waals surface area (Å²) < 4.78 is 17.2. The fraction of sp³-hybridized carbons (Fsp3) is 0.385. The van der Waals surface area contributed by atoms with Crippen LogP contribution in [-0.2, 0) is 56.2 Å². The highest BCUT2D eigenvalue weighted by Crippen LogP contribution is 2.40. The molecule has 2 aromatic heterocycles. The highest BCUT2D eigenvalue weighted by Gasteiger charge is 2.55. The number of carbonyl (C=O) groups excluding carboxylic acids is 4. The minimum absolute atomic E-state index is 0.0294. The first kappa shape index (κ1) is 30.9. The number of aromatic nitrogens is 2. The summed E-state index contributed by atoms with van der Waals surface area (Å²) in [7, 11) is 2.44. The van der Waals surface area contributed by atoms with E-state index in [-0.39, 0.29) is 54.0 Å². The molecule has 2 unspecified atom stereocenters. The van der Waals surface area contributed by atoms with Gasteiger partial charge in [-0.25, -0.2) is 19.1 Å². The third kappa shape index (κ3) is 5.95. The molecule has 0 aliphatic carbocycles. The van der Waals surface area contributed by atoms with Gasteiger partial charge in [0.1, 0.15) is 29.9 Å².